The summed E-state index contributed by atoms with van der Waals surface area (Å²) in [6, 6.07) is 18.3. The van der Waals surface area contributed by atoms with Gasteiger partial charge in [0.1, 0.15) is 11.6 Å². The fourth-order valence-electron chi connectivity index (χ4n) is 2.76. The van der Waals surface area contributed by atoms with Crippen molar-refractivity contribution in [2.45, 2.75) is 31.7 Å². The maximum absolute atomic E-state index is 12.3. The maximum Gasteiger partial charge on any atom is 0.240 e. The van der Waals surface area contributed by atoms with Crippen LogP contribution in [-0.4, -0.2) is 31.0 Å². The van der Waals surface area contributed by atoms with E-state index in [1.165, 1.54) is 0 Å². The third kappa shape index (κ3) is 5.52. The third-order valence-electron chi connectivity index (χ3n) is 3.95. The second-order valence-electron chi connectivity index (χ2n) is 6.78. The molecule has 0 saturated heterocycles. The molecule has 3 aromatic rings. The Kier molecular flexibility index (Phi) is 6.46. The lowest BCUT2D eigenvalue weighted by Crippen LogP contribution is -2.23. The highest BCUT2D eigenvalue weighted by Gasteiger charge is 2.14. The van der Waals surface area contributed by atoms with Gasteiger partial charge in [-0.05, 0) is 32.0 Å². The summed E-state index contributed by atoms with van der Waals surface area (Å²) in [5, 5.41) is 6.50. The molecule has 1 aromatic heterocycles. The van der Waals surface area contributed by atoms with Crippen LogP contribution in [0.3, 0.4) is 0 Å². The van der Waals surface area contributed by atoms with Crippen LogP contribution in [0, 0.1) is 0 Å². The van der Waals surface area contributed by atoms with Gasteiger partial charge in [-0.2, -0.15) is 0 Å². The van der Waals surface area contributed by atoms with Gasteiger partial charge in [-0.25, -0.2) is 23.1 Å². The zero-order chi connectivity index (χ0) is 20.9. The zero-order valence-corrected chi connectivity index (χ0v) is 17.5. The van der Waals surface area contributed by atoms with Gasteiger partial charge in [0.15, 0.2) is 5.82 Å². The molecule has 0 amide bonds. The van der Waals surface area contributed by atoms with Crippen LogP contribution in [0.25, 0.3) is 11.4 Å². The molecule has 0 aliphatic carbocycles. The lowest BCUT2D eigenvalue weighted by atomic mass is 10.2. The standard InChI is InChI=1S/C21H25N5O2S/c1-4-22-29(27,28)18-12-8-11-17(13-18)24-20-14-19(23-15(2)3)25-21(26-20)16-9-6-5-7-10-16/h5-15,22H,4H2,1-3H3,(H2,23,24,25,26). The lowest BCUT2D eigenvalue weighted by molar-refractivity contribution is 0.584. The van der Waals surface area contributed by atoms with Crippen molar-refractivity contribution in [1.29, 1.82) is 0 Å². The van der Waals surface area contributed by atoms with Gasteiger partial charge in [0, 0.05) is 29.9 Å². The van der Waals surface area contributed by atoms with E-state index in [0.717, 1.165) is 5.56 Å². The molecule has 29 heavy (non-hydrogen) atoms. The average molecular weight is 412 g/mol. The maximum atomic E-state index is 12.3. The molecule has 1 heterocycles. The molecule has 0 saturated carbocycles. The summed E-state index contributed by atoms with van der Waals surface area (Å²) in [7, 11) is -3.54. The number of aromatic nitrogens is 2. The van der Waals surface area contributed by atoms with Crippen LogP contribution in [0.4, 0.5) is 17.3 Å². The Hall–Kier alpha value is -2.97. The normalized spacial score (nSPS) is 11.4. The van der Waals surface area contributed by atoms with E-state index in [0.29, 0.717) is 29.7 Å². The molecule has 2 aromatic carbocycles. The highest BCUT2D eigenvalue weighted by atomic mass is 32.2. The first-order valence-electron chi connectivity index (χ1n) is 9.45. The molecule has 8 heteroatoms. The van der Waals surface area contributed by atoms with E-state index in [1.54, 1.807) is 37.3 Å². The molecule has 0 bridgehead atoms. The third-order valence-corrected chi connectivity index (χ3v) is 5.49. The fourth-order valence-corrected chi connectivity index (χ4v) is 3.85. The molecule has 0 aliphatic rings. The molecule has 0 spiro atoms. The molecular weight excluding hydrogens is 386 g/mol. The van der Waals surface area contributed by atoms with Gasteiger partial charge < -0.3 is 10.6 Å². The van der Waals surface area contributed by atoms with Crippen molar-refractivity contribution < 1.29 is 8.42 Å². The number of hydrogen-bond acceptors (Lipinski definition) is 6. The molecular formula is C21H25N5O2S. The summed E-state index contributed by atoms with van der Waals surface area (Å²) in [6.45, 7) is 6.14. The van der Waals surface area contributed by atoms with Crippen molar-refractivity contribution in [3.05, 3.63) is 60.7 Å². The number of hydrogen-bond donors (Lipinski definition) is 3. The van der Waals surface area contributed by atoms with Crippen LogP contribution in [0.5, 0.6) is 0 Å². The van der Waals surface area contributed by atoms with Crippen molar-refractivity contribution in [3.8, 4) is 11.4 Å². The fraction of sp³-hybridized carbons (Fsp3) is 0.238. The second-order valence-corrected chi connectivity index (χ2v) is 8.55. The number of nitrogens with zero attached hydrogens (tertiary/aromatic N) is 2. The Bertz CT molecular complexity index is 1070. The molecule has 3 rings (SSSR count). The Morgan fingerprint density at radius 2 is 1.66 bits per heavy atom. The van der Waals surface area contributed by atoms with E-state index >= 15 is 0 Å². The second kappa shape index (κ2) is 9.02. The summed E-state index contributed by atoms with van der Waals surface area (Å²) in [5.41, 5.74) is 1.52. The summed E-state index contributed by atoms with van der Waals surface area (Å²) in [5.74, 6) is 1.84. The van der Waals surface area contributed by atoms with Crippen molar-refractivity contribution in [2.75, 3.05) is 17.2 Å². The van der Waals surface area contributed by atoms with E-state index in [1.807, 2.05) is 44.2 Å². The van der Waals surface area contributed by atoms with Gasteiger partial charge in [0.2, 0.25) is 10.0 Å². The largest absolute Gasteiger partial charge is 0.368 e. The molecule has 152 valence electrons. The lowest BCUT2D eigenvalue weighted by Gasteiger charge is -2.14. The Morgan fingerprint density at radius 1 is 0.931 bits per heavy atom. The number of nitrogens with one attached hydrogen (secondary N) is 3. The van der Waals surface area contributed by atoms with E-state index in [9.17, 15) is 8.42 Å². The van der Waals surface area contributed by atoms with Gasteiger partial charge in [-0.3, -0.25) is 0 Å². The number of anilines is 3. The van der Waals surface area contributed by atoms with Gasteiger partial charge in [0.05, 0.1) is 4.90 Å². The minimum Gasteiger partial charge on any atom is -0.368 e. The Labute approximate surface area is 171 Å². The topological polar surface area (TPSA) is 96.0 Å². The van der Waals surface area contributed by atoms with E-state index < -0.39 is 10.0 Å². The Morgan fingerprint density at radius 3 is 2.34 bits per heavy atom. The molecule has 0 radical (unpaired) electrons. The van der Waals surface area contributed by atoms with Gasteiger partial charge in [0.25, 0.3) is 0 Å². The van der Waals surface area contributed by atoms with Gasteiger partial charge >= 0.3 is 0 Å². The average Bonchev–Trinajstić information content (AvgIpc) is 2.68. The van der Waals surface area contributed by atoms with Gasteiger partial charge in [-0.15, -0.1) is 0 Å². The highest BCUT2D eigenvalue weighted by Crippen LogP contribution is 2.24. The summed E-state index contributed by atoms with van der Waals surface area (Å²) in [6.07, 6.45) is 0. The highest BCUT2D eigenvalue weighted by molar-refractivity contribution is 7.89. The van der Waals surface area contributed by atoms with Crippen molar-refractivity contribution in [1.82, 2.24) is 14.7 Å². The van der Waals surface area contributed by atoms with Crippen LogP contribution in [0.15, 0.2) is 65.6 Å². The summed E-state index contributed by atoms with van der Waals surface area (Å²) in [4.78, 5) is 9.40. The summed E-state index contributed by atoms with van der Waals surface area (Å²) >= 11 is 0. The SMILES string of the molecule is CCNS(=O)(=O)c1cccc(Nc2cc(NC(C)C)nc(-c3ccccc3)n2)c1. The van der Waals surface area contributed by atoms with Crippen molar-refractivity contribution >= 4 is 27.3 Å². The van der Waals surface area contributed by atoms with Crippen molar-refractivity contribution in [2.24, 2.45) is 0 Å². The molecule has 0 atom stereocenters. The molecule has 0 fully saturated rings. The monoisotopic (exact) mass is 411 g/mol. The van der Waals surface area contributed by atoms with Crippen LogP contribution in [-0.2, 0) is 10.0 Å². The van der Waals surface area contributed by atoms with E-state index in [-0.39, 0.29) is 10.9 Å². The first-order valence-corrected chi connectivity index (χ1v) is 10.9. The van der Waals surface area contributed by atoms with Crippen LogP contribution >= 0.6 is 0 Å². The predicted molar refractivity (Wildman–Crippen MR) is 117 cm³/mol. The quantitative estimate of drug-likeness (QED) is 0.518. The van der Waals surface area contributed by atoms with E-state index in [4.69, 9.17) is 0 Å². The molecule has 3 N–H and O–H groups in total. The molecule has 0 aliphatic heterocycles. The molecule has 7 nitrogen and oxygen atoms in total. The van der Waals surface area contributed by atoms with Gasteiger partial charge in [-0.1, -0.05) is 43.3 Å². The van der Waals surface area contributed by atoms with E-state index in [2.05, 4.69) is 25.3 Å². The smallest absolute Gasteiger partial charge is 0.240 e. The van der Waals surface area contributed by atoms with Crippen LogP contribution < -0.4 is 15.4 Å². The predicted octanol–water partition coefficient (Wildman–Crippen LogP) is 4.01. The number of sulfonamides is 1. The Balaban J connectivity index is 1.96. The first kappa shape index (κ1) is 20.8. The summed E-state index contributed by atoms with van der Waals surface area (Å²) < 4.78 is 27.1. The minimum atomic E-state index is -3.54. The van der Waals surface area contributed by atoms with Crippen LogP contribution in [0.2, 0.25) is 0 Å². The minimum absolute atomic E-state index is 0.196. The molecule has 0 unspecified atom stereocenters. The van der Waals surface area contributed by atoms with Crippen LogP contribution in [0.1, 0.15) is 20.8 Å². The first-order chi connectivity index (χ1) is 13.9. The number of rotatable bonds is 8. The zero-order valence-electron chi connectivity index (χ0n) is 16.7. The number of benzene rings is 2. The van der Waals surface area contributed by atoms with Crippen molar-refractivity contribution in [3.63, 3.8) is 0 Å².